The Kier molecular flexibility index (Phi) is 4.63. The number of nitrogens with zero attached hydrogens (tertiary/aromatic N) is 3. The lowest BCUT2D eigenvalue weighted by molar-refractivity contribution is 0.362. The molecular weight excluding hydrogens is 312 g/mol. The van der Waals surface area contributed by atoms with E-state index in [0.717, 1.165) is 43.6 Å². The van der Waals surface area contributed by atoms with E-state index in [1.54, 1.807) is 41.3 Å². The van der Waals surface area contributed by atoms with Crippen LogP contribution in [0.2, 0.25) is 0 Å². The molecule has 0 unspecified atom stereocenters. The van der Waals surface area contributed by atoms with Gasteiger partial charge in [-0.3, -0.25) is 10.8 Å². The molecule has 23 heavy (non-hydrogen) atoms. The van der Waals surface area contributed by atoms with Gasteiger partial charge in [0.05, 0.1) is 5.69 Å². The molecule has 1 aromatic carbocycles. The van der Waals surface area contributed by atoms with E-state index in [4.69, 9.17) is 10.8 Å². The molecule has 1 aromatic heterocycles. The molecule has 1 aliphatic heterocycles. The summed E-state index contributed by atoms with van der Waals surface area (Å²) in [6.07, 6.45) is 3.45. The Morgan fingerprint density at radius 2 is 2.04 bits per heavy atom. The summed E-state index contributed by atoms with van der Waals surface area (Å²) in [7, 11) is 0. The number of aromatic nitrogens is 2. The topological polar surface area (TPSA) is 101 Å². The fourth-order valence-corrected chi connectivity index (χ4v) is 3.15. The van der Waals surface area contributed by atoms with E-state index >= 15 is 0 Å². The van der Waals surface area contributed by atoms with Gasteiger partial charge in [0.25, 0.3) is 0 Å². The molecule has 0 spiro atoms. The third-order valence-corrected chi connectivity index (χ3v) is 4.47. The van der Waals surface area contributed by atoms with Crippen molar-refractivity contribution in [1.82, 2.24) is 20.0 Å². The standard InChI is InChI=1S/C15H18N6OS/c16-14(23-15(17)20-8-5-18-6-9-20)12-3-2-11(10-13(12)22)21-7-1-4-19-21/h1-4,7,10,16-18,22H,5-6,8-9H2. The SMILES string of the molecule is N=C(SC(=N)N1CCNCC1)c1ccc(-n2cccn2)cc1O. The lowest BCUT2D eigenvalue weighted by Crippen LogP contribution is -2.45. The number of piperazine rings is 1. The average molecular weight is 330 g/mol. The molecule has 8 heteroatoms. The van der Waals surface area contributed by atoms with E-state index in [-0.39, 0.29) is 10.8 Å². The minimum absolute atomic E-state index is 0.0172. The van der Waals surface area contributed by atoms with E-state index in [1.807, 2.05) is 4.90 Å². The molecule has 0 atom stereocenters. The maximum atomic E-state index is 10.2. The van der Waals surface area contributed by atoms with Crippen LogP contribution in [0.3, 0.4) is 0 Å². The van der Waals surface area contributed by atoms with Crippen LogP contribution in [0.5, 0.6) is 5.75 Å². The fraction of sp³-hybridized carbons (Fsp3) is 0.267. The number of benzene rings is 1. The summed E-state index contributed by atoms with van der Waals surface area (Å²) >= 11 is 1.06. The molecule has 1 fully saturated rings. The summed E-state index contributed by atoms with van der Waals surface area (Å²) in [6.45, 7) is 3.23. The normalized spacial score (nSPS) is 14.7. The highest BCUT2D eigenvalue weighted by molar-refractivity contribution is 8.26. The molecule has 1 aliphatic rings. The second kappa shape index (κ2) is 6.84. The van der Waals surface area contributed by atoms with Gasteiger partial charge >= 0.3 is 0 Å². The van der Waals surface area contributed by atoms with Gasteiger partial charge in [-0.15, -0.1) is 0 Å². The number of rotatable bonds is 2. The van der Waals surface area contributed by atoms with Crippen molar-refractivity contribution in [1.29, 1.82) is 10.8 Å². The monoisotopic (exact) mass is 330 g/mol. The molecule has 3 rings (SSSR count). The largest absolute Gasteiger partial charge is 0.507 e. The van der Waals surface area contributed by atoms with Crippen LogP contribution in [0.25, 0.3) is 5.69 Å². The first-order chi connectivity index (χ1) is 11.1. The first-order valence-corrected chi connectivity index (χ1v) is 8.11. The van der Waals surface area contributed by atoms with Crippen LogP contribution < -0.4 is 5.32 Å². The van der Waals surface area contributed by atoms with Gasteiger partial charge in [0.2, 0.25) is 0 Å². The number of phenols is 1. The molecule has 0 aliphatic carbocycles. The molecule has 0 radical (unpaired) electrons. The number of aromatic hydroxyl groups is 1. The first kappa shape index (κ1) is 15.6. The third kappa shape index (κ3) is 3.54. The Morgan fingerprint density at radius 3 is 2.70 bits per heavy atom. The summed E-state index contributed by atoms with van der Waals surface area (Å²) in [4.78, 5) is 1.94. The first-order valence-electron chi connectivity index (χ1n) is 7.29. The van der Waals surface area contributed by atoms with Crippen LogP contribution in [-0.4, -0.2) is 56.2 Å². The van der Waals surface area contributed by atoms with Crippen molar-refractivity contribution in [3.8, 4) is 11.4 Å². The third-order valence-electron chi connectivity index (χ3n) is 3.60. The summed E-state index contributed by atoms with van der Waals surface area (Å²) in [5.74, 6) is 0.0172. The van der Waals surface area contributed by atoms with E-state index in [2.05, 4.69) is 10.4 Å². The molecule has 2 aromatic rings. The number of hydrogen-bond donors (Lipinski definition) is 4. The maximum absolute atomic E-state index is 10.2. The zero-order chi connectivity index (χ0) is 16.2. The average Bonchev–Trinajstić information content (AvgIpc) is 3.10. The van der Waals surface area contributed by atoms with Crippen molar-refractivity contribution in [3.05, 3.63) is 42.2 Å². The number of amidine groups is 1. The summed E-state index contributed by atoms with van der Waals surface area (Å²) in [5, 5.41) is 34.3. The Balaban J connectivity index is 1.71. The minimum Gasteiger partial charge on any atom is -0.507 e. The van der Waals surface area contributed by atoms with Crippen molar-refractivity contribution >= 4 is 22.0 Å². The van der Waals surface area contributed by atoms with Gasteiger partial charge in [-0.25, -0.2) is 4.68 Å². The van der Waals surface area contributed by atoms with Crippen molar-refractivity contribution in [2.24, 2.45) is 0 Å². The van der Waals surface area contributed by atoms with Crippen molar-refractivity contribution < 1.29 is 5.11 Å². The smallest absolute Gasteiger partial charge is 0.162 e. The number of phenolic OH excluding ortho intramolecular Hbond substituents is 1. The van der Waals surface area contributed by atoms with Crippen LogP contribution in [-0.2, 0) is 0 Å². The Morgan fingerprint density at radius 1 is 1.26 bits per heavy atom. The van der Waals surface area contributed by atoms with Gasteiger partial charge in [0.1, 0.15) is 10.8 Å². The van der Waals surface area contributed by atoms with Crippen LogP contribution in [0, 0.1) is 10.8 Å². The number of hydrogen-bond acceptors (Lipinski definition) is 6. The van der Waals surface area contributed by atoms with Crippen molar-refractivity contribution in [3.63, 3.8) is 0 Å². The predicted octanol–water partition coefficient (Wildman–Crippen LogP) is 1.48. The highest BCUT2D eigenvalue weighted by atomic mass is 32.2. The summed E-state index contributed by atoms with van der Waals surface area (Å²) < 4.78 is 1.64. The number of nitrogens with one attached hydrogen (secondary N) is 3. The summed E-state index contributed by atoms with van der Waals surface area (Å²) in [5.41, 5.74) is 1.15. The van der Waals surface area contributed by atoms with E-state index in [0.29, 0.717) is 10.7 Å². The van der Waals surface area contributed by atoms with Crippen molar-refractivity contribution in [2.75, 3.05) is 26.2 Å². The van der Waals surface area contributed by atoms with Gasteiger partial charge in [-0.2, -0.15) is 5.10 Å². The molecule has 7 nitrogen and oxygen atoms in total. The molecule has 0 saturated carbocycles. The van der Waals surface area contributed by atoms with Gasteiger partial charge in [-0.05, 0) is 30.0 Å². The van der Waals surface area contributed by atoms with E-state index in [1.165, 1.54) is 0 Å². The molecule has 120 valence electrons. The lowest BCUT2D eigenvalue weighted by atomic mass is 10.2. The Bertz CT molecular complexity index is 709. The van der Waals surface area contributed by atoms with Gasteiger partial charge in [0, 0.05) is 50.2 Å². The summed E-state index contributed by atoms with van der Waals surface area (Å²) in [6, 6.07) is 6.86. The zero-order valence-electron chi connectivity index (χ0n) is 12.5. The van der Waals surface area contributed by atoms with Gasteiger partial charge in [-0.1, -0.05) is 0 Å². The minimum atomic E-state index is 0.0172. The Labute approximate surface area is 138 Å². The molecule has 1 saturated heterocycles. The van der Waals surface area contributed by atoms with E-state index < -0.39 is 0 Å². The lowest BCUT2D eigenvalue weighted by Gasteiger charge is -2.29. The highest BCUT2D eigenvalue weighted by Crippen LogP contribution is 2.26. The second-order valence-electron chi connectivity index (χ2n) is 5.13. The quantitative estimate of drug-likeness (QED) is 0.493. The molecule has 0 bridgehead atoms. The van der Waals surface area contributed by atoms with Gasteiger partial charge < -0.3 is 15.3 Å². The van der Waals surface area contributed by atoms with E-state index in [9.17, 15) is 5.11 Å². The predicted molar refractivity (Wildman–Crippen MR) is 91.8 cm³/mol. The highest BCUT2D eigenvalue weighted by Gasteiger charge is 2.18. The van der Waals surface area contributed by atoms with Gasteiger partial charge in [0.15, 0.2) is 5.17 Å². The fourth-order valence-electron chi connectivity index (χ4n) is 2.36. The van der Waals surface area contributed by atoms with Crippen molar-refractivity contribution in [2.45, 2.75) is 0 Å². The number of thioether (sulfide) groups is 1. The molecular formula is C15H18N6OS. The van der Waals surface area contributed by atoms with Crippen LogP contribution in [0.1, 0.15) is 5.56 Å². The van der Waals surface area contributed by atoms with Crippen LogP contribution in [0.15, 0.2) is 36.7 Å². The Hall–Kier alpha value is -2.32. The molecule has 0 amide bonds. The zero-order valence-corrected chi connectivity index (χ0v) is 13.3. The molecule has 4 N–H and O–H groups in total. The van der Waals surface area contributed by atoms with Crippen LogP contribution >= 0.6 is 11.8 Å². The maximum Gasteiger partial charge on any atom is 0.162 e. The molecule has 2 heterocycles. The second-order valence-corrected chi connectivity index (χ2v) is 6.12. The van der Waals surface area contributed by atoms with Crippen LogP contribution in [0.4, 0.5) is 0 Å².